The number of halogens is 1. The summed E-state index contributed by atoms with van der Waals surface area (Å²) in [6, 6.07) is 7.62. The maximum Gasteiger partial charge on any atom is 0.408 e. The Hall–Kier alpha value is -3.05. The summed E-state index contributed by atoms with van der Waals surface area (Å²) < 4.78 is 5.20. The number of carbonyl (C=O) groups is 3. The number of ether oxygens (including phenoxy) is 1. The zero-order chi connectivity index (χ0) is 25.6. The van der Waals surface area contributed by atoms with Gasteiger partial charge in [-0.15, -0.1) is 0 Å². The fraction of sp³-hybridized carbons (Fsp3) is 0.538. The molecule has 2 aliphatic rings. The quantitative estimate of drug-likeness (QED) is 0.474. The zero-order valence-corrected chi connectivity index (χ0v) is 21.2. The van der Waals surface area contributed by atoms with Gasteiger partial charge >= 0.3 is 6.09 Å². The highest BCUT2D eigenvalue weighted by Crippen LogP contribution is 2.46. The molecule has 1 aromatic carbocycles. The zero-order valence-electron chi connectivity index (χ0n) is 20.4. The first-order valence-corrected chi connectivity index (χ1v) is 12.2. The number of alkyl carbamates (subject to hydrolysis) is 1. The number of nitriles is 1. The lowest BCUT2D eigenvalue weighted by atomic mass is 9.87. The standard InChI is InChI=1S/C26H33ClN4O4/c1-25(2,3)15-21(30-24(34)35-11-5-7-17-6-4-8-19(27)12-17)23(33)29-20(16-28)13-18-14-26(9-10-26)31-22(18)32/h4-8,12,18,20-21H,9-11,13-15H2,1-3H3,(H,29,33)(H,30,34)(H,31,32)/b7-5+/t18-,20+,21+/m1/s1. The molecule has 0 bridgehead atoms. The summed E-state index contributed by atoms with van der Waals surface area (Å²) in [6.07, 6.45) is 5.94. The van der Waals surface area contributed by atoms with Gasteiger partial charge in [-0.05, 0) is 61.3 Å². The highest BCUT2D eigenvalue weighted by molar-refractivity contribution is 6.30. The van der Waals surface area contributed by atoms with Gasteiger partial charge in [0.1, 0.15) is 18.7 Å². The van der Waals surface area contributed by atoms with Gasteiger partial charge < -0.3 is 20.7 Å². The smallest absolute Gasteiger partial charge is 0.408 e. The van der Waals surface area contributed by atoms with Crippen molar-refractivity contribution in [2.45, 2.75) is 70.5 Å². The molecule has 1 aromatic rings. The second-order valence-corrected chi connectivity index (χ2v) is 11.1. The van der Waals surface area contributed by atoms with Crippen LogP contribution in [0.3, 0.4) is 0 Å². The van der Waals surface area contributed by atoms with Crippen LogP contribution in [0, 0.1) is 22.7 Å². The SMILES string of the molecule is CC(C)(C)C[C@H](NC(=O)OC/C=C/c1cccc(Cl)c1)C(=O)N[C@H](C#N)C[C@@H]1CC2(CC2)NC1=O. The average molecular weight is 501 g/mol. The van der Waals surface area contributed by atoms with E-state index in [0.29, 0.717) is 17.9 Å². The van der Waals surface area contributed by atoms with Gasteiger partial charge in [0.2, 0.25) is 11.8 Å². The summed E-state index contributed by atoms with van der Waals surface area (Å²) in [5.74, 6) is -0.832. The number of nitrogens with zero attached hydrogens (tertiary/aromatic N) is 1. The van der Waals surface area contributed by atoms with E-state index in [1.807, 2.05) is 32.9 Å². The first-order valence-electron chi connectivity index (χ1n) is 11.9. The number of benzene rings is 1. The predicted octanol–water partition coefficient (Wildman–Crippen LogP) is 3.95. The van der Waals surface area contributed by atoms with Gasteiger partial charge in [0.25, 0.3) is 0 Å². The molecule has 3 rings (SSSR count). The summed E-state index contributed by atoms with van der Waals surface area (Å²) in [5.41, 5.74) is 0.512. The summed E-state index contributed by atoms with van der Waals surface area (Å²) in [5, 5.41) is 18.5. The fourth-order valence-corrected chi connectivity index (χ4v) is 4.47. The summed E-state index contributed by atoms with van der Waals surface area (Å²) in [4.78, 5) is 37.6. The van der Waals surface area contributed by atoms with Crippen molar-refractivity contribution in [2.75, 3.05) is 6.61 Å². The Kier molecular flexibility index (Phi) is 8.44. The number of hydrogen-bond acceptors (Lipinski definition) is 5. The molecule has 3 N–H and O–H groups in total. The fourth-order valence-electron chi connectivity index (χ4n) is 4.27. The van der Waals surface area contributed by atoms with E-state index in [1.54, 1.807) is 24.3 Å². The second-order valence-electron chi connectivity index (χ2n) is 10.6. The van der Waals surface area contributed by atoms with Gasteiger partial charge in [-0.3, -0.25) is 9.59 Å². The van der Waals surface area contributed by atoms with E-state index in [-0.39, 0.29) is 35.8 Å². The van der Waals surface area contributed by atoms with Crippen LogP contribution in [0.4, 0.5) is 4.79 Å². The molecular weight excluding hydrogens is 468 g/mol. The van der Waals surface area contributed by atoms with Crippen molar-refractivity contribution in [3.8, 4) is 6.07 Å². The highest BCUT2D eigenvalue weighted by Gasteiger charge is 2.52. The van der Waals surface area contributed by atoms with E-state index < -0.39 is 24.1 Å². The van der Waals surface area contributed by atoms with Crippen LogP contribution in [0.2, 0.25) is 5.02 Å². The molecular formula is C26H33ClN4O4. The Bertz CT molecular complexity index is 1020. The van der Waals surface area contributed by atoms with Crippen LogP contribution in [0.1, 0.15) is 58.4 Å². The molecule has 1 saturated heterocycles. The molecule has 3 amide bonds. The van der Waals surface area contributed by atoms with Crippen molar-refractivity contribution in [2.24, 2.45) is 11.3 Å². The van der Waals surface area contributed by atoms with Gasteiger partial charge in [-0.2, -0.15) is 5.26 Å². The molecule has 188 valence electrons. The lowest BCUT2D eigenvalue weighted by Gasteiger charge is -2.27. The largest absolute Gasteiger partial charge is 0.445 e. The normalized spacial score (nSPS) is 20.1. The minimum atomic E-state index is -0.887. The van der Waals surface area contributed by atoms with Gasteiger partial charge in [-0.1, -0.05) is 50.6 Å². The third-order valence-corrected chi connectivity index (χ3v) is 6.37. The summed E-state index contributed by atoms with van der Waals surface area (Å²) in [6.45, 7) is 5.87. The van der Waals surface area contributed by atoms with Gasteiger partial charge in [-0.25, -0.2) is 4.79 Å². The van der Waals surface area contributed by atoms with Crippen LogP contribution in [-0.2, 0) is 14.3 Å². The van der Waals surface area contributed by atoms with Crippen LogP contribution in [0.5, 0.6) is 0 Å². The van der Waals surface area contributed by atoms with Crippen LogP contribution >= 0.6 is 11.6 Å². The molecule has 3 atom stereocenters. The molecule has 0 radical (unpaired) electrons. The van der Waals surface area contributed by atoms with Gasteiger partial charge in [0.05, 0.1) is 6.07 Å². The molecule has 8 nitrogen and oxygen atoms in total. The van der Waals surface area contributed by atoms with Crippen molar-refractivity contribution < 1.29 is 19.1 Å². The Morgan fingerprint density at radius 2 is 2.09 bits per heavy atom. The maximum absolute atomic E-state index is 13.0. The number of carbonyl (C=O) groups excluding carboxylic acids is 3. The van der Waals surface area contributed by atoms with E-state index in [4.69, 9.17) is 16.3 Å². The number of rotatable bonds is 9. The third-order valence-electron chi connectivity index (χ3n) is 6.14. The molecule has 0 aromatic heterocycles. The first-order chi connectivity index (χ1) is 16.5. The minimum Gasteiger partial charge on any atom is -0.445 e. The van der Waals surface area contributed by atoms with E-state index in [0.717, 1.165) is 18.4 Å². The Morgan fingerprint density at radius 1 is 1.34 bits per heavy atom. The summed E-state index contributed by atoms with van der Waals surface area (Å²) in [7, 11) is 0. The third kappa shape index (κ3) is 8.29. The van der Waals surface area contributed by atoms with Crippen molar-refractivity contribution in [3.05, 3.63) is 40.9 Å². The van der Waals surface area contributed by atoms with Crippen molar-refractivity contribution in [1.29, 1.82) is 5.26 Å². The van der Waals surface area contributed by atoms with Crippen LogP contribution in [0.15, 0.2) is 30.3 Å². The molecule has 35 heavy (non-hydrogen) atoms. The summed E-state index contributed by atoms with van der Waals surface area (Å²) >= 11 is 5.96. The topological polar surface area (TPSA) is 120 Å². The molecule has 9 heteroatoms. The van der Waals surface area contributed by atoms with E-state index in [9.17, 15) is 19.6 Å². The maximum atomic E-state index is 13.0. The molecule has 1 saturated carbocycles. The lowest BCUT2D eigenvalue weighted by molar-refractivity contribution is -0.125. The van der Waals surface area contributed by atoms with Crippen molar-refractivity contribution in [3.63, 3.8) is 0 Å². The minimum absolute atomic E-state index is 0.0154. The monoisotopic (exact) mass is 500 g/mol. The molecule has 1 aliphatic carbocycles. The Morgan fingerprint density at radius 3 is 2.69 bits per heavy atom. The molecule has 1 heterocycles. The number of hydrogen-bond donors (Lipinski definition) is 3. The number of nitrogens with one attached hydrogen (secondary N) is 3. The van der Waals surface area contributed by atoms with E-state index in [2.05, 4.69) is 22.0 Å². The molecule has 0 unspecified atom stereocenters. The van der Waals surface area contributed by atoms with E-state index in [1.165, 1.54) is 0 Å². The lowest BCUT2D eigenvalue weighted by Crippen LogP contribution is -2.51. The molecule has 1 aliphatic heterocycles. The van der Waals surface area contributed by atoms with Crippen LogP contribution in [-0.4, -0.2) is 42.1 Å². The average Bonchev–Trinajstić information content (AvgIpc) is 3.45. The van der Waals surface area contributed by atoms with Gasteiger partial charge in [0.15, 0.2) is 0 Å². The van der Waals surface area contributed by atoms with E-state index >= 15 is 0 Å². The van der Waals surface area contributed by atoms with Crippen molar-refractivity contribution in [1.82, 2.24) is 16.0 Å². The predicted molar refractivity (Wildman–Crippen MR) is 133 cm³/mol. The van der Waals surface area contributed by atoms with Gasteiger partial charge in [0, 0.05) is 16.5 Å². The first kappa shape index (κ1) is 26.6. The van der Waals surface area contributed by atoms with Crippen molar-refractivity contribution >= 4 is 35.6 Å². The Balaban J connectivity index is 1.53. The van der Waals surface area contributed by atoms with Crippen LogP contribution < -0.4 is 16.0 Å². The second kappa shape index (κ2) is 11.1. The molecule has 1 spiro atoms. The number of amides is 3. The Labute approximate surface area is 211 Å². The molecule has 2 fully saturated rings. The highest BCUT2D eigenvalue weighted by atomic mass is 35.5. The van der Waals surface area contributed by atoms with Crippen LogP contribution in [0.25, 0.3) is 6.08 Å².